The predicted molar refractivity (Wildman–Crippen MR) is 175 cm³/mol. The second kappa shape index (κ2) is 12.9. The van der Waals surface area contributed by atoms with Gasteiger partial charge in [-0.05, 0) is 60.7 Å². The molecular formula is C31H16Cl5N3O4S. The minimum atomic E-state index is -0.690. The molecule has 6 rings (SSSR count). The van der Waals surface area contributed by atoms with Crippen LogP contribution in [0, 0.1) is 0 Å². The lowest BCUT2D eigenvalue weighted by atomic mass is 10.0. The van der Waals surface area contributed by atoms with Gasteiger partial charge in [0.15, 0.2) is 11.3 Å². The maximum Gasteiger partial charge on any atom is 0.344 e. The lowest BCUT2D eigenvalue weighted by Crippen LogP contribution is -2.04. The number of halogens is 5. The number of esters is 1. The van der Waals surface area contributed by atoms with E-state index in [1.54, 1.807) is 66.9 Å². The molecule has 0 spiro atoms. The summed E-state index contributed by atoms with van der Waals surface area (Å²) in [5.74, 6) is -0.588. The van der Waals surface area contributed by atoms with E-state index in [0.717, 1.165) is 4.90 Å². The predicted octanol–water partition coefficient (Wildman–Crippen LogP) is 10.9. The fourth-order valence-corrected chi connectivity index (χ4v) is 6.59. The van der Waals surface area contributed by atoms with E-state index in [1.807, 2.05) is 12.1 Å². The van der Waals surface area contributed by atoms with E-state index < -0.39 is 5.97 Å². The Morgan fingerprint density at radius 3 is 2.00 bits per heavy atom. The van der Waals surface area contributed by atoms with Gasteiger partial charge in [-0.3, -0.25) is 0 Å². The van der Waals surface area contributed by atoms with Gasteiger partial charge in [0.05, 0.1) is 32.6 Å². The Morgan fingerprint density at radius 1 is 0.795 bits per heavy atom. The molecular weight excluding hydrogens is 688 g/mol. The van der Waals surface area contributed by atoms with Crippen molar-refractivity contribution in [2.75, 3.05) is 7.11 Å². The molecule has 3 aromatic carbocycles. The molecule has 0 aliphatic carbocycles. The van der Waals surface area contributed by atoms with Crippen molar-refractivity contribution in [3.63, 3.8) is 0 Å². The molecule has 0 amide bonds. The topological polar surface area (TPSA) is 91.2 Å². The molecule has 0 unspecified atom stereocenters. The standard InChI is InChI=1S/C31H16Cl5N3O4S/c1-41-31(40)25-22(42-38-27(25)23-18(33)4-2-5-19(23)34)13-8-15-14-37-30(44-17-11-9-16(32)10-12-17)26-28(39-43-29(15)26)24-20(35)6-3-7-21(24)36/h2-14H,1H3/b13-8+. The van der Waals surface area contributed by atoms with E-state index in [1.165, 1.54) is 18.9 Å². The third kappa shape index (κ3) is 5.81. The van der Waals surface area contributed by atoms with Crippen LogP contribution < -0.4 is 0 Å². The van der Waals surface area contributed by atoms with E-state index in [0.29, 0.717) is 63.5 Å². The first kappa shape index (κ1) is 30.5. The van der Waals surface area contributed by atoms with Gasteiger partial charge in [-0.2, -0.15) is 0 Å². The lowest BCUT2D eigenvalue weighted by Gasteiger charge is -2.07. The van der Waals surface area contributed by atoms with Crippen LogP contribution in [0.15, 0.2) is 85.8 Å². The molecule has 220 valence electrons. The first-order chi connectivity index (χ1) is 21.3. The van der Waals surface area contributed by atoms with Gasteiger partial charge in [-0.15, -0.1) is 0 Å². The summed E-state index contributed by atoms with van der Waals surface area (Å²) in [4.78, 5) is 18.5. The zero-order valence-corrected chi connectivity index (χ0v) is 26.9. The maximum atomic E-state index is 12.9. The highest BCUT2D eigenvalue weighted by molar-refractivity contribution is 7.99. The number of fused-ring (bicyclic) bond motifs is 1. The summed E-state index contributed by atoms with van der Waals surface area (Å²) >= 11 is 33.4. The van der Waals surface area contributed by atoms with Crippen molar-refractivity contribution in [2.24, 2.45) is 0 Å². The SMILES string of the molecule is COC(=O)c1c(-c2c(Cl)cccc2Cl)noc1/C=C/c1cnc(Sc2ccc(Cl)cc2)c2c(-c3c(Cl)cccc3Cl)noc12. The largest absolute Gasteiger partial charge is 0.465 e. The number of carbonyl (C=O) groups excluding carboxylic acids is 1. The number of benzene rings is 3. The van der Waals surface area contributed by atoms with Crippen molar-refractivity contribution in [2.45, 2.75) is 9.92 Å². The normalized spacial score (nSPS) is 11.5. The van der Waals surface area contributed by atoms with Gasteiger partial charge >= 0.3 is 5.97 Å². The van der Waals surface area contributed by atoms with E-state index >= 15 is 0 Å². The number of carbonyl (C=O) groups is 1. The van der Waals surface area contributed by atoms with Crippen LogP contribution in [-0.2, 0) is 4.74 Å². The van der Waals surface area contributed by atoms with Crippen molar-refractivity contribution >= 4 is 98.9 Å². The Bertz CT molecular complexity index is 2040. The quantitative estimate of drug-likeness (QED) is 0.152. The van der Waals surface area contributed by atoms with Gasteiger partial charge in [0.1, 0.15) is 22.0 Å². The Kier molecular flexibility index (Phi) is 8.91. The van der Waals surface area contributed by atoms with Crippen molar-refractivity contribution in [1.29, 1.82) is 0 Å². The van der Waals surface area contributed by atoms with Gasteiger partial charge in [0.2, 0.25) is 0 Å². The smallest absolute Gasteiger partial charge is 0.344 e. The molecule has 0 aliphatic rings. The molecule has 0 fully saturated rings. The Balaban J connectivity index is 1.50. The summed E-state index contributed by atoms with van der Waals surface area (Å²) in [6.07, 6.45) is 4.81. The fraction of sp³-hybridized carbons (Fsp3) is 0.0323. The first-order valence-electron chi connectivity index (χ1n) is 12.6. The molecule has 7 nitrogen and oxygen atoms in total. The molecule has 44 heavy (non-hydrogen) atoms. The molecule has 0 saturated heterocycles. The molecule has 0 radical (unpaired) electrons. The van der Waals surface area contributed by atoms with Crippen LogP contribution in [0.3, 0.4) is 0 Å². The number of ether oxygens (including phenoxy) is 1. The summed E-state index contributed by atoms with van der Waals surface area (Å²) in [5, 5.41) is 11.6. The lowest BCUT2D eigenvalue weighted by molar-refractivity contribution is 0.0600. The Morgan fingerprint density at radius 2 is 1.39 bits per heavy atom. The molecule has 0 N–H and O–H groups in total. The average Bonchev–Trinajstić information content (AvgIpc) is 3.63. The van der Waals surface area contributed by atoms with Gasteiger partial charge in [0.25, 0.3) is 0 Å². The van der Waals surface area contributed by atoms with E-state index in [-0.39, 0.29) is 17.0 Å². The van der Waals surface area contributed by atoms with E-state index in [4.69, 9.17) is 76.8 Å². The first-order valence-corrected chi connectivity index (χ1v) is 15.3. The third-order valence-corrected chi connectivity index (χ3v) is 8.96. The zero-order chi connectivity index (χ0) is 31.0. The Labute approximate surface area is 279 Å². The number of aromatic nitrogens is 3. The zero-order valence-electron chi connectivity index (χ0n) is 22.3. The molecule has 0 bridgehead atoms. The fourth-order valence-electron chi connectivity index (χ4n) is 4.42. The highest BCUT2D eigenvalue weighted by atomic mass is 35.5. The summed E-state index contributed by atoms with van der Waals surface area (Å²) in [5.41, 5.74) is 2.35. The molecule has 3 aromatic heterocycles. The highest BCUT2D eigenvalue weighted by Crippen LogP contribution is 2.44. The number of rotatable bonds is 7. The number of nitrogens with zero attached hydrogens (tertiary/aromatic N) is 3. The highest BCUT2D eigenvalue weighted by Gasteiger charge is 2.27. The van der Waals surface area contributed by atoms with Gasteiger partial charge < -0.3 is 13.8 Å². The molecule has 6 aromatic rings. The van der Waals surface area contributed by atoms with Crippen LogP contribution in [0.2, 0.25) is 25.1 Å². The number of hydrogen-bond acceptors (Lipinski definition) is 8. The second-order valence-corrected chi connectivity index (χ2v) is 12.2. The van der Waals surface area contributed by atoms with Crippen LogP contribution in [0.5, 0.6) is 0 Å². The summed E-state index contributed by atoms with van der Waals surface area (Å²) in [6, 6.07) is 17.5. The van der Waals surface area contributed by atoms with Crippen LogP contribution in [0.4, 0.5) is 0 Å². The molecule has 0 aliphatic heterocycles. The minimum absolute atomic E-state index is 0.0407. The van der Waals surface area contributed by atoms with E-state index in [9.17, 15) is 4.79 Å². The minimum Gasteiger partial charge on any atom is -0.465 e. The maximum absolute atomic E-state index is 12.9. The van der Waals surface area contributed by atoms with Crippen molar-refractivity contribution in [3.8, 4) is 22.5 Å². The van der Waals surface area contributed by atoms with Crippen molar-refractivity contribution in [3.05, 3.63) is 109 Å². The molecule has 3 heterocycles. The number of hydrogen-bond donors (Lipinski definition) is 0. The van der Waals surface area contributed by atoms with Crippen molar-refractivity contribution < 1.29 is 18.6 Å². The van der Waals surface area contributed by atoms with Gasteiger partial charge in [-0.1, -0.05) is 92.2 Å². The van der Waals surface area contributed by atoms with Gasteiger partial charge in [0, 0.05) is 32.8 Å². The van der Waals surface area contributed by atoms with Gasteiger partial charge in [-0.25, -0.2) is 9.78 Å². The second-order valence-electron chi connectivity index (χ2n) is 9.10. The number of pyridine rings is 1. The molecule has 0 saturated carbocycles. The van der Waals surface area contributed by atoms with Crippen LogP contribution >= 0.6 is 69.8 Å². The number of methoxy groups -OCH3 is 1. The van der Waals surface area contributed by atoms with Crippen LogP contribution in [0.1, 0.15) is 21.7 Å². The Hall–Kier alpha value is -3.50. The van der Waals surface area contributed by atoms with E-state index in [2.05, 4.69) is 10.3 Å². The summed E-state index contributed by atoms with van der Waals surface area (Å²) in [6.45, 7) is 0. The summed E-state index contributed by atoms with van der Waals surface area (Å²) < 4.78 is 16.5. The monoisotopic (exact) mass is 701 g/mol. The average molecular weight is 704 g/mol. The van der Waals surface area contributed by atoms with Crippen LogP contribution in [0.25, 0.3) is 45.6 Å². The van der Waals surface area contributed by atoms with Crippen molar-refractivity contribution in [1.82, 2.24) is 15.3 Å². The molecule has 13 heteroatoms. The summed E-state index contributed by atoms with van der Waals surface area (Å²) in [7, 11) is 1.25. The molecule has 0 atom stereocenters. The third-order valence-electron chi connectivity index (χ3n) is 6.44. The van der Waals surface area contributed by atoms with Crippen LogP contribution in [-0.4, -0.2) is 28.4 Å².